The van der Waals surface area contributed by atoms with Gasteiger partial charge in [0, 0.05) is 38.5 Å². The maximum atomic E-state index is 6.75. The molecule has 1 aliphatic rings. The minimum absolute atomic E-state index is 0.140. The molecule has 0 spiro atoms. The van der Waals surface area contributed by atoms with Crippen molar-refractivity contribution in [3.05, 3.63) is 187 Å². The Labute approximate surface area is 313 Å². The lowest BCUT2D eigenvalue weighted by Gasteiger charge is -2.29. The molecular weight excluding hydrogens is 659 g/mol. The smallest absolute Gasteiger partial charge is 0.143 e. The maximum Gasteiger partial charge on any atom is 0.143 e. The number of hydrogen-bond donors (Lipinski definition) is 0. The van der Waals surface area contributed by atoms with E-state index in [0.29, 0.717) is 0 Å². The number of anilines is 3. The van der Waals surface area contributed by atoms with Gasteiger partial charge in [-0.2, -0.15) is 0 Å². The van der Waals surface area contributed by atoms with Gasteiger partial charge in [-0.05, 0) is 87.5 Å². The molecule has 0 radical (unpaired) electrons. The van der Waals surface area contributed by atoms with Crippen molar-refractivity contribution in [1.82, 2.24) is 0 Å². The van der Waals surface area contributed by atoms with E-state index in [1.54, 1.807) is 0 Å². The number of nitrogens with zero attached hydrogens (tertiary/aromatic N) is 1. The zero-order valence-corrected chi connectivity index (χ0v) is 30.0. The Bertz CT molecular complexity index is 3080. The predicted octanol–water partition coefficient (Wildman–Crippen LogP) is 14.6. The summed E-state index contributed by atoms with van der Waals surface area (Å²) >= 11 is 0. The van der Waals surface area contributed by atoms with Crippen molar-refractivity contribution < 1.29 is 8.83 Å². The van der Waals surface area contributed by atoms with Gasteiger partial charge in [-0.1, -0.05) is 141 Å². The van der Waals surface area contributed by atoms with Crippen LogP contribution < -0.4 is 4.90 Å². The minimum Gasteiger partial charge on any atom is -0.456 e. The summed E-state index contributed by atoms with van der Waals surface area (Å²) in [7, 11) is 0. The van der Waals surface area contributed by atoms with Crippen molar-refractivity contribution in [1.29, 1.82) is 0 Å². The molecular formula is C51H35NO2. The molecule has 2 aromatic heterocycles. The number of fused-ring (bicyclic) bond motifs is 9. The molecule has 256 valence electrons. The van der Waals surface area contributed by atoms with Gasteiger partial charge in [0.1, 0.15) is 22.3 Å². The molecule has 0 saturated carbocycles. The topological polar surface area (TPSA) is 29.5 Å². The van der Waals surface area contributed by atoms with Crippen LogP contribution in [0.2, 0.25) is 0 Å². The SMILES string of the molecule is CC1(C)c2ccccc2-c2ccc(N(c3cccc(-c4ccccc4)c3)c3cccc4oc5cc6c(cc5c34)oc3c(-c4ccccc4)cccc36)cc21. The van der Waals surface area contributed by atoms with Gasteiger partial charge < -0.3 is 13.7 Å². The first-order chi connectivity index (χ1) is 26.5. The van der Waals surface area contributed by atoms with Crippen LogP contribution in [0.25, 0.3) is 77.3 Å². The average Bonchev–Trinajstić information content (AvgIpc) is 3.85. The third-order valence-corrected chi connectivity index (χ3v) is 11.5. The fraction of sp³-hybridized carbons (Fsp3) is 0.0588. The summed E-state index contributed by atoms with van der Waals surface area (Å²) in [5.41, 5.74) is 16.3. The van der Waals surface area contributed by atoms with E-state index in [9.17, 15) is 0 Å². The highest BCUT2D eigenvalue weighted by molar-refractivity contribution is 6.19. The summed E-state index contributed by atoms with van der Waals surface area (Å²) in [5.74, 6) is 0. The van der Waals surface area contributed by atoms with Gasteiger partial charge in [0.25, 0.3) is 0 Å². The highest BCUT2D eigenvalue weighted by Gasteiger charge is 2.36. The molecule has 0 unspecified atom stereocenters. The predicted molar refractivity (Wildman–Crippen MR) is 224 cm³/mol. The van der Waals surface area contributed by atoms with Crippen molar-refractivity contribution >= 4 is 60.9 Å². The Morgan fingerprint density at radius 3 is 1.91 bits per heavy atom. The quantitative estimate of drug-likeness (QED) is 0.180. The van der Waals surface area contributed by atoms with Crippen LogP contribution in [0.15, 0.2) is 185 Å². The van der Waals surface area contributed by atoms with E-state index in [4.69, 9.17) is 8.83 Å². The second kappa shape index (κ2) is 11.6. The van der Waals surface area contributed by atoms with E-state index >= 15 is 0 Å². The molecule has 0 atom stereocenters. The van der Waals surface area contributed by atoms with Crippen LogP contribution >= 0.6 is 0 Å². The van der Waals surface area contributed by atoms with E-state index in [2.05, 4.69) is 189 Å². The van der Waals surface area contributed by atoms with Gasteiger partial charge >= 0.3 is 0 Å². The molecule has 1 aliphatic carbocycles. The first-order valence-corrected chi connectivity index (χ1v) is 18.6. The molecule has 0 bridgehead atoms. The lowest BCUT2D eigenvalue weighted by Crippen LogP contribution is -2.16. The molecule has 0 N–H and O–H groups in total. The van der Waals surface area contributed by atoms with Crippen molar-refractivity contribution in [2.24, 2.45) is 0 Å². The summed E-state index contributed by atoms with van der Waals surface area (Å²) in [6.07, 6.45) is 0. The van der Waals surface area contributed by atoms with E-state index in [0.717, 1.165) is 77.6 Å². The van der Waals surface area contributed by atoms with Crippen LogP contribution in [0, 0.1) is 0 Å². The molecule has 11 rings (SSSR count). The molecule has 2 heterocycles. The normalized spacial score (nSPS) is 13.1. The number of para-hydroxylation sites is 1. The Hall–Kier alpha value is -6.84. The molecule has 0 amide bonds. The second-order valence-electron chi connectivity index (χ2n) is 14.9. The highest BCUT2D eigenvalue weighted by Crippen LogP contribution is 2.52. The molecule has 8 aromatic carbocycles. The zero-order valence-electron chi connectivity index (χ0n) is 30.0. The monoisotopic (exact) mass is 693 g/mol. The maximum absolute atomic E-state index is 6.75. The molecule has 0 saturated heterocycles. The fourth-order valence-corrected chi connectivity index (χ4v) is 8.84. The first kappa shape index (κ1) is 30.8. The third-order valence-electron chi connectivity index (χ3n) is 11.5. The molecule has 3 heteroatoms. The second-order valence-corrected chi connectivity index (χ2v) is 14.9. The summed E-state index contributed by atoms with van der Waals surface area (Å²) in [6.45, 7) is 4.68. The van der Waals surface area contributed by atoms with Crippen molar-refractivity contribution in [2.45, 2.75) is 19.3 Å². The molecule has 0 aliphatic heterocycles. The fourth-order valence-electron chi connectivity index (χ4n) is 8.84. The Morgan fingerprint density at radius 1 is 0.407 bits per heavy atom. The lowest BCUT2D eigenvalue weighted by atomic mass is 9.82. The van der Waals surface area contributed by atoms with E-state index in [1.165, 1.54) is 27.8 Å². The van der Waals surface area contributed by atoms with E-state index < -0.39 is 0 Å². The Morgan fingerprint density at radius 2 is 1.06 bits per heavy atom. The summed E-state index contributed by atoms with van der Waals surface area (Å²) in [5, 5.41) is 4.19. The highest BCUT2D eigenvalue weighted by atomic mass is 16.3. The van der Waals surface area contributed by atoms with Crippen LogP contribution in [-0.4, -0.2) is 0 Å². The number of furan rings is 2. The van der Waals surface area contributed by atoms with E-state index in [-0.39, 0.29) is 5.41 Å². The van der Waals surface area contributed by atoms with Crippen LogP contribution in [0.1, 0.15) is 25.0 Å². The average molecular weight is 694 g/mol. The molecule has 0 fully saturated rings. The number of benzene rings is 8. The standard InChI is InChI=1S/C51H35NO2/c1-51(2)43-23-10-9-20-38(43)39-27-26-36(29-44(39)51)52(35-19-11-18-34(28-35)32-14-5-3-6-15-32)45-24-13-25-46-49(45)42-31-47-41(30-48(42)53-46)40-22-12-21-37(50(40)54-47)33-16-7-4-8-17-33/h3-31H,1-2H3. The summed E-state index contributed by atoms with van der Waals surface area (Å²) in [6, 6.07) is 62.8. The van der Waals surface area contributed by atoms with Crippen LogP contribution in [0.5, 0.6) is 0 Å². The largest absolute Gasteiger partial charge is 0.456 e. The van der Waals surface area contributed by atoms with Crippen molar-refractivity contribution in [3.63, 3.8) is 0 Å². The summed E-state index contributed by atoms with van der Waals surface area (Å²) < 4.78 is 13.5. The van der Waals surface area contributed by atoms with Gasteiger partial charge in [-0.15, -0.1) is 0 Å². The third kappa shape index (κ3) is 4.55. The number of rotatable bonds is 5. The van der Waals surface area contributed by atoms with Crippen LogP contribution in [0.3, 0.4) is 0 Å². The molecule has 54 heavy (non-hydrogen) atoms. The van der Waals surface area contributed by atoms with Gasteiger partial charge in [-0.3, -0.25) is 0 Å². The van der Waals surface area contributed by atoms with Crippen LogP contribution in [-0.2, 0) is 5.41 Å². The van der Waals surface area contributed by atoms with Gasteiger partial charge in [0.2, 0.25) is 0 Å². The lowest BCUT2D eigenvalue weighted by molar-refractivity contribution is 0.660. The number of hydrogen-bond acceptors (Lipinski definition) is 3. The first-order valence-electron chi connectivity index (χ1n) is 18.6. The summed E-state index contributed by atoms with van der Waals surface area (Å²) in [4.78, 5) is 2.40. The molecule has 3 nitrogen and oxygen atoms in total. The molecule has 10 aromatic rings. The van der Waals surface area contributed by atoms with Crippen molar-refractivity contribution in [2.75, 3.05) is 4.90 Å². The van der Waals surface area contributed by atoms with Gasteiger partial charge in [0.15, 0.2) is 0 Å². The van der Waals surface area contributed by atoms with Crippen LogP contribution in [0.4, 0.5) is 17.1 Å². The Kier molecular flexibility index (Phi) is 6.60. The zero-order chi connectivity index (χ0) is 36.0. The van der Waals surface area contributed by atoms with Gasteiger partial charge in [0.05, 0.1) is 11.1 Å². The minimum atomic E-state index is -0.140. The van der Waals surface area contributed by atoms with Gasteiger partial charge in [-0.25, -0.2) is 0 Å². The van der Waals surface area contributed by atoms with E-state index in [1.807, 2.05) is 6.07 Å². The van der Waals surface area contributed by atoms with Crippen molar-refractivity contribution in [3.8, 4) is 33.4 Å². The Balaban J connectivity index is 1.16.